The number of hydrogen-bond donors (Lipinski definition) is 0. The summed E-state index contributed by atoms with van der Waals surface area (Å²) < 4.78 is 5.86. The minimum atomic E-state index is 0.351. The van der Waals surface area contributed by atoms with Gasteiger partial charge in [0.25, 0.3) is 0 Å². The van der Waals surface area contributed by atoms with Gasteiger partial charge in [-0.1, -0.05) is 34.1 Å². The Morgan fingerprint density at radius 3 is 3.08 bits per heavy atom. The Balaban J connectivity index is 2.23. The van der Waals surface area contributed by atoms with Crippen LogP contribution >= 0.6 is 15.9 Å². The Morgan fingerprint density at radius 1 is 1.38 bits per heavy atom. The molecule has 1 atom stereocenters. The quantitative estimate of drug-likeness (QED) is 0.686. The van der Waals surface area contributed by atoms with Crippen LogP contribution in [0.25, 0.3) is 0 Å². The van der Waals surface area contributed by atoms with Crippen molar-refractivity contribution in [1.29, 1.82) is 0 Å². The van der Waals surface area contributed by atoms with E-state index >= 15 is 0 Å². The summed E-state index contributed by atoms with van der Waals surface area (Å²) in [6.45, 7) is 0. The average Bonchev–Trinajstić information content (AvgIpc) is 2.38. The molecule has 0 saturated heterocycles. The SMILES string of the molecule is BrCC1CCCc2ccccc2O1. The summed E-state index contributed by atoms with van der Waals surface area (Å²) in [5, 5.41) is 0.932. The molecule has 2 heteroatoms. The summed E-state index contributed by atoms with van der Waals surface area (Å²) in [6.07, 6.45) is 3.89. The third-order valence-corrected chi connectivity index (χ3v) is 3.13. The van der Waals surface area contributed by atoms with E-state index in [0.717, 1.165) is 23.9 Å². The second-order valence-electron chi connectivity index (χ2n) is 3.39. The summed E-state index contributed by atoms with van der Waals surface area (Å²) in [5.74, 6) is 1.07. The first-order valence-electron chi connectivity index (χ1n) is 4.70. The zero-order chi connectivity index (χ0) is 9.10. The highest BCUT2D eigenvalue weighted by Gasteiger charge is 2.15. The molecule has 1 aromatic rings. The summed E-state index contributed by atoms with van der Waals surface area (Å²) in [4.78, 5) is 0. The van der Waals surface area contributed by atoms with Crippen LogP contribution in [0.2, 0.25) is 0 Å². The van der Waals surface area contributed by atoms with Gasteiger partial charge in [0, 0.05) is 5.33 Å². The van der Waals surface area contributed by atoms with Gasteiger partial charge in [0.05, 0.1) is 0 Å². The molecule has 1 unspecified atom stereocenters. The van der Waals surface area contributed by atoms with E-state index in [1.165, 1.54) is 12.0 Å². The zero-order valence-corrected chi connectivity index (χ0v) is 9.09. The molecule has 0 saturated carbocycles. The highest BCUT2D eigenvalue weighted by atomic mass is 79.9. The first kappa shape index (κ1) is 9.07. The predicted molar refractivity (Wildman–Crippen MR) is 57.6 cm³/mol. The maximum Gasteiger partial charge on any atom is 0.122 e. The van der Waals surface area contributed by atoms with Crippen LogP contribution in [-0.4, -0.2) is 11.4 Å². The fourth-order valence-corrected chi connectivity index (χ4v) is 2.15. The molecule has 0 fully saturated rings. The predicted octanol–water partition coefficient (Wildman–Crippen LogP) is 3.17. The largest absolute Gasteiger partial charge is 0.489 e. The topological polar surface area (TPSA) is 9.23 Å². The van der Waals surface area contributed by atoms with E-state index in [0.29, 0.717) is 6.10 Å². The van der Waals surface area contributed by atoms with Crippen molar-refractivity contribution < 1.29 is 4.74 Å². The Morgan fingerprint density at radius 2 is 2.23 bits per heavy atom. The fraction of sp³-hybridized carbons (Fsp3) is 0.455. The molecular weight excluding hydrogens is 228 g/mol. The van der Waals surface area contributed by atoms with E-state index in [4.69, 9.17) is 4.74 Å². The van der Waals surface area contributed by atoms with Crippen molar-refractivity contribution in [3.8, 4) is 5.75 Å². The van der Waals surface area contributed by atoms with E-state index < -0.39 is 0 Å². The summed E-state index contributed by atoms with van der Waals surface area (Å²) >= 11 is 3.47. The summed E-state index contributed by atoms with van der Waals surface area (Å²) in [6, 6.07) is 8.34. The molecule has 0 spiro atoms. The molecule has 1 aliphatic heterocycles. The van der Waals surface area contributed by atoms with Gasteiger partial charge in [-0.2, -0.15) is 0 Å². The molecule has 0 bridgehead atoms. The number of para-hydroxylation sites is 1. The molecule has 1 nitrogen and oxygen atoms in total. The van der Waals surface area contributed by atoms with Gasteiger partial charge >= 0.3 is 0 Å². The molecule has 2 rings (SSSR count). The van der Waals surface area contributed by atoms with Crippen LogP contribution in [-0.2, 0) is 6.42 Å². The number of ether oxygens (including phenoxy) is 1. The number of rotatable bonds is 1. The van der Waals surface area contributed by atoms with Gasteiger partial charge < -0.3 is 4.74 Å². The number of alkyl halides is 1. The number of fused-ring (bicyclic) bond motifs is 1. The van der Waals surface area contributed by atoms with Gasteiger partial charge in [-0.15, -0.1) is 0 Å². The van der Waals surface area contributed by atoms with Gasteiger partial charge in [0.1, 0.15) is 11.9 Å². The van der Waals surface area contributed by atoms with Gasteiger partial charge in [-0.05, 0) is 30.9 Å². The van der Waals surface area contributed by atoms with Crippen LogP contribution in [0.5, 0.6) is 5.75 Å². The smallest absolute Gasteiger partial charge is 0.122 e. The van der Waals surface area contributed by atoms with Crippen molar-refractivity contribution in [2.45, 2.75) is 25.4 Å². The summed E-state index contributed by atoms with van der Waals surface area (Å²) in [7, 11) is 0. The maximum absolute atomic E-state index is 5.86. The Hall–Kier alpha value is -0.500. The minimum Gasteiger partial charge on any atom is -0.489 e. The van der Waals surface area contributed by atoms with Crippen molar-refractivity contribution in [2.75, 3.05) is 5.33 Å². The monoisotopic (exact) mass is 240 g/mol. The van der Waals surface area contributed by atoms with Crippen molar-refractivity contribution in [3.05, 3.63) is 29.8 Å². The van der Waals surface area contributed by atoms with Crippen LogP contribution in [0, 0.1) is 0 Å². The Labute approximate surface area is 87.2 Å². The third kappa shape index (κ3) is 2.05. The van der Waals surface area contributed by atoms with E-state index in [2.05, 4.69) is 34.1 Å². The summed E-state index contributed by atoms with van der Waals surface area (Å²) in [5.41, 5.74) is 1.35. The van der Waals surface area contributed by atoms with Crippen LogP contribution in [0.3, 0.4) is 0 Å². The van der Waals surface area contributed by atoms with Crippen LogP contribution in [0.1, 0.15) is 18.4 Å². The molecular formula is C11H13BrO. The third-order valence-electron chi connectivity index (χ3n) is 2.41. The number of hydrogen-bond acceptors (Lipinski definition) is 1. The van der Waals surface area contributed by atoms with E-state index in [1.54, 1.807) is 0 Å². The van der Waals surface area contributed by atoms with Crippen molar-refractivity contribution in [3.63, 3.8) is 0 Å². The van der Waals surface area contributed by atoms with E-state index in [-0.39, 0.29) is 0 Å². The fourth-order valence-electron chi connectivity index (χ4n) is 1.69. The number of halogens is 1. The number of aryl methyl sites for hydroxylation is 1. The van der Waals surface area contributed by atoms with Gasteiger partial charge in [0.15, 0.2) is 0 Å². The van der Waals surface area contributed by atoms with Gasteiger partial charge in [-0.25, -0.2) is 0 Å². The molecule has 70 valence electrons. The average molecular weight is 241 g/mol. The first-order chi connectivity index (χ1) is 6.40. The lowest BCUT2D eigenvalue weighted by molar-refractivity contribution is 0.222. The Bertz CT molecular complexity index is 285. The van der Waals surface area contributed by atoms with E-state index in [9.17, 15) is 0 Å². The standard InChI is InChI=1S/C11H13BrO/c12-8-10-6-3-5-9-4-1-2-7-11(9)13-10/h1-2,4,7,10H,3,5-6,8H2. The van der Waals surface area contributed by atoms with Crippen molar-refractivity contribution >= 4 is 15.9 Å². The molecule has 0 N–H and O–H groups in total. The van der Waals surface area contributed by atoms with Crippen molar-refractivity contribution in [1.82, 2.24) is 0 Å². The second-order valence-corrected chi connectivity index (χ2v) is 4.04. The van der Waals surface area contributed by atoms with Gasteiger partial charge in [0.2, 0.25) is 0 Å². The van der Waals surface area contributed by atoms with Crippen molar-refractivity contribution in [2.24, 2.45) is 0 Å². The van der Waals surface area contributed by atoms with E-state index in [1.807, 2.05) is 6.07 Å². The molecule has 1 aliphatic rings. The zero-order valence-electron chi connectivity index (χ0n) is 7.50. The van der Waals surface area contributed by atoms with Gasteiger partial charge in [-0.3, -0.25) is 0 Å². The second kappa shape index (κ2) is 4.14. The molecule has 13 heavy (non-hydrogen) atoms. The first-order valence-corrected chi connectivity index (χ1v) is 5.83. The van der Waals surface area contributed by atoms with Crippen LogP contribution < -0.4 is 4.74 Å². The Kier molecular flexibility index (Phi) is 2.89. The lowest BCUT2D eigenvalue weighted by atomic mass is 10.1. The maximum atomic E-state index is 5.86. The molecule has 0 amide bonds. The van der Waals surface area contributed by atoms with Crippen LogP contribution in [0.15, 0.2) is 24.3 Å². The highest BCUT2D eigenvalue weighted by Crippen LogP contribution is 2.26. The molecule has 1 heterocycles. The molecule has 0 aromatic heterocycles. The van der Waals surface area contributed by atoms with Crippen LogP contribution in [0.4, 0.5) is 0 Å². The number of benzene rings is 1. The highest BCUT2D eigenvalue weighted by molar-refractivity contribution is 9.09. The minimum absolute atomic E-state index is 0.351. The molecule has 1 aromatic carbocycles. The lowest BCUT2D eigenvalue weighted by Crippen LogP contribution is -2.16. The lowest BCUT2D eigenvalue weighted by Gasteiger charge is -2.14. The molecule has 0 aliphatic carbocycles. The molecule has 0 radical (unpaired) electrons. The normalized spacial score (nSPS) is 21.5.